The van der Waals surface area contributed by atoms with E-state index >= 15 is 0 Å². The summed E-state index contributed by atoms with van der Waals surface area (Å²) in [6.45, 7) is 5.17. The fraction of sp³-hybridized carbons (Fsp3) is 0.438. The monoisotopic (exact) mass is 276 g/mol. The molecule has 1 aromatic heterocycles. The first kappa shape index (κ1) is 14.3. The largest absolute Gasteiger partial charge is 0.306 e. The van der Waals surface area contributed by atoms with Crippen LogP contribution >= 0.6 is 11.6 Å². The Balaban J connectivity index is 2.22. The van der Waals surface area contributed by atoms with Crippen molar-refractivity contribution in [1.29, 1.82) is 0 Å². The third kappa shape index (κ3) is 3.07. The summed E-state index contributed by atoms with van der Waals surface area (Å²) in [5, 5.41) is 4.81. The molecule has 3 heteroatoms. The lowest BCUT2D eigenvalue weighted by molar-refractivity contribution is 0.335. The number of fused-ring (bicyclic) bond motifs is 1. The Morgan fingerprint density at radius 3 is 2.58 bits per heavy atom. The van der Waals surface area contributed by atoms with Gasteiger partial charge in [0.15, 0.2) is 0 Å². The molecule has 1 N–H and O–H groups in total. The smallest absolute Gasteiger partial charge is 0.0746 e. The molecule has 2 aromatic rings. The minimum absolute atomic E-state index is 0.0263. The molecule has 0 saturated carbocycles. The lowest BCUT2D eigenvalue weighted by Gasteiger charge is -2.31. The van der Waals surface area contributed by atoms with Gasteiger partial charge in [-0.15, -0.1) is 11.6 Å². The van der Waals surface area contributed by atoms with Gasteiger partial charge in [-0.3, -0.25) is 4.98 Å². The second-order valence-corrected chi connectivity index (χ2v) is 5.23. The minimum Gasteiger partial charge on any atom is -0.306 e. The van der Waals surface area contributed by atoms with Gasteiger partial charge in [-0.1, -0.05) is 38.1 Å². The lowest BCUT2D eigenvalue weighted by atomic mass is 9.94. The van der Waals surface area contributed by atoms with E-state index in [2.05, 4.69) is 48.4 Å². The van der Waals surface area contributed by atoms with Crippen molar-refractivity contribution in [2.24, 2.45) is 0 Å². The van der Waals surface area contributed by atoms with Crippen LogP contribution in [-0.4, -0.2) is 16.4 Å². The van der Waals surface area contributed by atoms with Crippen LogP contribution in [-0.2, 0) is 6.54 Å². The van der Waals surface area contributed by atoms with Crippen LogP contribution in [0.4, 0.5) is 0 Å². The number of nitrogens with one attached hydrogen (secondary N) is 1. The van der Waals surface area contributed by atoms with Crippen LogP contribution in [0.15, 0.2) is 36.5 Å². The van der Waals surface area contributed by atoms with E-state index in [0.717, 1.165) is 24.9 Å². The standard InChI is InChI=1S/C16H21ClN2/c1-3-16(4-2,12-17)19-11-14-8-5-7-13-9-6-10-18-15(13)14/h5-10,19H,3-4,11-12H2,1-2H3. The van der Waals surface area contributed by atoms with E-state index in [1.807, 2.05) is 12.3 Å². The van der Waals surface area contributed by atoms with E-state index in [9.17, 15) is 0 Å². The zero-order chi connectivity index (χ0) is 13.7. The first-order valence-electron chi connectivity index (χ1n) is 6.88. The fourth-order valence-electron chi connectivity index (χ4n) is 2.33. The maximum Gasteiger partial charge on any atom is 0.0746 e. The van der Waals surface area contributed by atoms with Crippen molar-refractivity contribution in [3.05, 3.63) is 42.1 Å². The number of hydrogen-bond acceptors (Lipinski definition) is 2. The van der Waals surface area contributed by atoms with Gasteiger partial charge in [-0.05, 0) is 24.5 Å². The van der Waals surface area contributed by atoms with Gasteiger partial charge in [-0.2, -0.15) is 0 Å². The Kier molecular flexibility index (Phi) is 4.78. The van der Waals surface area contributed by atoms with E-state index in [0.29, 0.717) is 5.88 Å². The number of halogens is 1. The number of nitrogens with zero attached hydrogens (tertiary/aromatic N) is 1. The first-order valence-corrected chi connectivity index (χ1v) is 7.41. The van der Waals surface area contributed by atoms with Crippen molar-refractivity contribution in [3.8, 4) is 0 Å². The third-order valence-corrected chi connectivity index (χ3v) is 4.49. The predicted octanol–water partition coefficient (Wildman–Crippen LogP) is 4.12. The van der Waals surface area contributed by atoms with Gasteiger partial charge < -0.3 is 5.32 Å². The van der Waals surface area contributed by atoms with Crippen LogP contribution in [0.1, 0.15) is 32.3 Å². The molecule has 0 radical (unpaired) electrons. The number of aromatic nitrogens is 1. The Morgan fingerprint density at radius 2 is 1.89 bits per heavy atom. The van der Waals surface area contributed by atoms with Crippen LogP contribution in [0.25, 0.3) is 10.9 Å². The molecule has 2 rings (SSSR count). The van der Waals surface area contributed by atoms with Crippen molar-refractivity contribution in [2.45, 2.75) is 38.8 Å². The van der Waals surface area contributed by atoms with Crippen molar-refractivity contribution >= 4 is 22.5 Å². The van der Waals surface area contributed by atoms with Crippen LogP contribution in [0.5, 0.6) is 0 Å². The number of benzene rings is 1. The summed E-state index contributed by atoms with van der Waals surface area (Å²) >= 11 is 6.13. The number of para-hydroxylation sites is 1. The molecular formula is C16H21ClN2. The predicted molar refractivity (Wildman–Crippen MR) is 82.6 cm³/mol. The number of alkyl halides is 1. The van der Waals surface area contributed by atoms with Crippen molar-refractivity contribution in [1.82, 2.24) is 10.3 Å². The SMILES string of the molecule is CCC(CC)(CCl)NCc1cccc2cccnc12. The van der Waals surface area contributed by atoms with Crippen molar-refractivity contribution in [3.63, 3.8) is 0 Å². The Hall–Kier alpha value is -1.12. The Morgan fingerprint density at radius 1 is 1.16 bits per heavy atom. The average Bonchev–Trinajstić information content (AvgIpc) is 2.49. The molecule has 0 unspecified atom stereocenters. The minimum atomic E-state index is 0.0263. The van der Waals surface area contributed by atoms with Gasteiger partial charge in [0.25, 0.3) is 0 Å². The van der Waals surface area contributed by atoms with Gasteiger partial charge in [0.05, 0.1) is 5.52 Å². The van der Waals surface area contributed by atoms with Crippen molar-refractivity contribution in [2.75, 3.05) is 5.88 Å². The molecular weight excluding hydrogens is 256 g/mol. The number of pyridine rings is 1. The van der Waals surface area contributed by atoms with E-state index in [4.69, 9.17) is 11.6 Å². The van der Waals surface area contributed by atoms with Crippen LogP contribution < -0.4 is 5.32 Å². The van der Waals surface area contributed by atoms with Gasteiger partial charge in [0.1, 0.15) is 0 Å². The molecule has 2 nitrogen and oxygen atoms in total. The van der Waals surface area contributed by atoms with Crippen molar-refractivity contribution < 1.29 is 0 Å². The highest BCUT2D eigenvalue weighted by Crippen LogP contribution is 2.20. The van der Waals surface area contributed by atoms with E-state index in [-0.39, 0.29) is 5.54 Å². The lowest BCUT2D eigenvalue weighted by Crippen LogP contribution is -2.45. The van der Waals surface area contributed by atoms with Crippen LogP contribution in [0, 0.1) is 0 Å². The van der Waals surface area contributed by atoms with E-state index < -0.39 is 0 Å². The molecule has 1 heterocycles. The molecule has 0 aliphatic rings. The molecule has 0 saturated heterocycles. The molecule has 0 atom stereocenters. The topological polar surface area (TPSA) is 24.9 Å². The molecule has 0 amide bonds. The number of hydrogen-bond donors (Lipinski definition) is 1. The first-order chi connectivity index (χ1) is 9.24. The Labute approximate surface area is 120 Å². The molecule has 1 aromatic carbocycles. The summed E-state index contributed by atoms with van der Waals surface area (Å²) in [4.78, 5) is 4.49. The highest BCUT2D eigenvalue weighted by molar-refractivity contribution is 6.18. The zero-order valence-corrected chi connectivity index (χ0v) is 12.4. The van der Waals surface area contributed by atoms with E-state index in [1.165, 1.54) is 10.9 Å². The summed E-state index contributed by atoms with van der Waals surface area (Å²) in [6.07, 6.45) is 3.91. The zero-order valence-electron chi connectivity index (χ0n) is 11.6. The summed E-state index contributed by atoms with van der Waals surface area (Å²) in [5.41, 5.74) is 2.33. The van der Waals surface area contributed by atoms with Crippen LogP contribution in [0.2, 0.25) is 0 Å². The molecule has 0 fully saturated rings. The van der Waals surface area contributed by atoms with Gasteiger partial charge >= 0.3 is 0 Å². The fourth-order valence-corrected chi connectivity index (χ4v) is 2.80. The second kappa shape index (κ2) is 6.36. The van der Waals surface area contributed by atoms with E-state index in [1.54, 1.807) is 0 Å². The average molecular weight is 277 g/mol. The van der Waals surface area contributed by atoms with Gasteiger partial charge in [0.2, 0.25) is 0 Å². The molecule has 0 aliphatic carbocycles. The maximum atomic E-state index is 6.13. The summed E-state index contributed by atoms with van der Waals surface area (Å²) in [6, 6.07) is 10.4. The summed E-state index contributed by atoms with van der Waals surface area (Å²) < 4.78 is 0. The van der Waals surface area contributed by atoms with Gasteiger partial charge in [0, 0.05) is 29.5 Å². The molecule has 0 bridgehead atoms. The number of rotatable bonds is 6. The third-order valence-electron chi connectivity index (χ3n) is 3.98. The highest BCUT2D eigenvalue weighted by Gasteiger charge is 2.24. The summed E-state index contributed by atoms with van der Waals surface area (Å²) in [5.74, 6) is 0.637. The van der Waals surface area contributed by atoms with Crippen LogP contribution in [0.3, 0.4) is 0 Å². The molecule has 0 aliphatic heterocycles. The summed E-state index contributed by atoms with van der Waals surface area (Å²) in [7, 11) is 0. The maximum absolute atomic E-state index is 6.13. The molecule has 102 valence electrons. The Bertz CT molecular complexity index is 522. The second-order valence-electron chi connectivity index (χ2n) is 4.97. The highest BCUT2D eigenvalue weighted by atomic mass is 35.5. The normalized spacial score (nSPS) is 11.9. The quantitative estimate of drug-likeness (QED) is 0.803. The molecule has 0 spiro atoms. The molecule has 19 heavy (non-hydrogen) atoms. The van der Waals surface area contributed by atoms with Gasteiger partial charge in [-0.25, -0.2) is 0 Å².